The first-order valence-corrected chi connectivity index (χ1v) is 7.54. The van der Waals surface area contributed by atoms with E-state index < -0.39 is 0 Å². The second-order valence-electron chi connectivity index (χ2n) is 4.45. The van der Waals surface area contributed by atoms with E-state index in [0.717, 1.165) is 0 Å². The van der Waals surface area contributed by atoms with E-state index in [0.29, 0.717) is 0 Å². The van der Waals surface area contributed by atoms with Gasteiger partial charge in [-0.1, -0.05) is 34.8 Å². The zero-order chi connectivity index (χ0) is 20.2. The van der Waals surface area contributed by atoms with Crippen molar-refractivity contribution in [3.63, 3.8) is 0 Å². The van der Waals surface area contributed by atoms with Crippen LogP contribution in [-0.4, -0.2) is 47.1 Å². The van der Waals surface area contributed by atoms with Crippen LogP contribution in [0.25, 0.3) is 0 Å². The van der Waals surface area contributed by atoms with Crippen LogP contribution < -0.4 is 0 Å². The first-order valence-electron chi connectivity index (χ1n) is 6.41. The van der Waals surface area contributed by atoms with Gasteiger partial charge in [0.2, 0.25) is 0 Å². The number of ketones is 3. The molecule has 0 amide bonds. The minimum atomic E-state index is -0.0633. The Labute approximate surface area is 174 Å². The van der Waals surface area contributed by atoms with Gasteiger partial charge in [-0.2, -0.15) is 0 Å². The van der Waals surface area contributed by atoms with Gasteiger partial charge in [-0.25, -0.2) is 0 Å². The monoisotopic (exact) mass is 507 g/mol. The SMILES string of the molecule is CC(=[OH+])/C(Cl)=C(/C)O.CC(=[OH+])/C(Cl)=C(/C)O.CC(=[OH+])/C(Cl)=C(/C)O.[Ru+3]. The van der Waals surface area contributed by atoms with Gasteiger partial charge in [-0.15, -0.1) is 0 Å². The molecule has 0 saturated carbocycles. The van der Waals surface area contributed by atoms with Gasteiger partial charge < -0.3 is 15.3 Å². The van der Waals surface area contributed by atoms with E-state index >= 15 is 0 Å². The summed E-state index contributed by atoms with van der Waals surface area (Å²) in [6.07, 6.45) is 0. The zero-order valence-corrected chi connectivity index (χ0v) is 18.7. The largest absolute Gasteiger partial charge is 3.00 e. The van der Waals surface area contributed by atoms with Crippen molar-refractivity contribution in [2.24, 2.45) is 0 Å². The van der Waals surface area contributed by atoms with Crippen molar-refractivity contribution in [2.75, 3.05) is 0 Å². The number of hydrogen-bond donors (Lipinski definition) is 3. The fraction of sp³-hybridized carbons (Fsp3) is 0.400. The molecule has 25 heavy (non-hydrogen) atoms. The maximum absolute atomic E-state index is 8.56. The van der Waals surface area contributed by atoms with Gasteiger partial charge in [0.25, 0.3) is 0 Å². The average Bonchev–Trinajstić information content (AvgIpc) is 2.45. The number of hydrogen-bond acceptors (Lipinski definition) is 3. The van der Waals surface area contributed by atoms with Crippen molar-refractivity contribution in [3.05, 3.63) is 32.4 Å². The molecule has 1 radical (unpaired) electrons. The standard InChI is InChI=1S/3C5H7ClO2.Ru/c3*1-3(7)5(6)4(2)8;/h3*7H,1-2H3;/q;;;+3/p+3/b3*5-3+;. The maximum Gasteiger partial charge on any atom is 3.00 e. The van der Waals surface area contributed by atoms with E-state index in [4.69, 9.17) is 64.5 Å². The van der Waals surface area contributed by atoms with E-state index in [1.54, 1.807) is 0 Å². The maximum atomic E-state index is 8.56. The molecule has 0 atom stereocenters. The summed E-state index contributed by atoms with van der Waals surface area (Å²) in [6.45, 7) is 8.43. The second kappa shape index (κ2) is 16.6. The molecule has 0 bridgehead atoms. The van der Waals surface area contributed by atoms with Gasteiger partial charge in [-0.3, -0.25) is 14.4 Å². The van der Waals surface area contributed by atoms with Crippen LogP contribution in [0.15, 0.2) is 32.4 Å². The van der Waals surface area contributed by atoms with Crippen molar-refractivity contribution < 1.29 is 49.2 Å². The van der Waals surface area contributed by atoms with E-state index in [9.17, 15) is 0 Å². The molecule has 0 rings (SSSR count). The normalized spacial score (nSPS) is 12.4. The first-order chi connectivity index (χ1) is 10.7. The summed E-state index contributed by atoms with van der Waals surface area (Å²) in [5.74, 6) is -0.380. The molecule has 0 aliphatic heterocycles. The molecule has 0 saturated heterocycles. The van der Waals surface area contributed by atoms with Crippen LogP contribution in [-0.2, 0) is 19.5 Å². The van der Waals surface area contributed by atoms with Crippen LogP contribution in [0.5, 0.6) is 0 Å². The summed E-state index contributed by atoms with van der Waals surface area (Å²) in [5.41, 5.74) is 0. The summed E-state index contributed by atoms with van der Waals surface area (Å²) < 4.78 is 0. The Hall–Kier alpha value is -0.877. The molecule has 0 aromatic carbocycles. The van der Waals surface area contributed by atoms with E-state index in [-0.39, 0.29) is 69.2 Å². The van der Waals surface area contributed by atoms with Crippen LogP contribution in [0.1, 0.15) is 41.5 Å². The fourth-order valence-electron chi connectivity index (χ4n) is 0.785. The molecule has 6 nitrogen and oxygen atoms in total. The van der Waals surface area contributed by atoms with Gasteiger partial charge in [0.05, 0.1) is 20.8 Å². The van der Waals surface area contributed by atoms with Gasteiger partial charge >= 0.3 is 36.8 Å². The topological polar surface area (TPSA) is 125 Å². The summed E-state index contributed by atoms with van der Waals surface area (Å²) in [4.78, 5) is 25.7. The Balaban J connectivity index is -0.000000130. The Morgan fingerprint density at radius 2 is 0.640 bits per heavy atom. The van der Waals surface area contributed by atoms with Crippen LogP contribution in [0.2, 0.25) is 0 Å². The van der Waals surface area contributed by atoms with Crippen molar-refractivity contribution in [2.45, 2.75) is 41.5 Å². The van der Waals surface area contributed by atoms with E-state index in [1.165, 1.54) is 41.5 Å². The number of allylic oxidation sites excluding steroid dienone is 6. The van der Waals surface area contributed by atoms with E-state index in [1.807, 2.05) is 0 Å². The minimum absolute atomic E-state index is 0. The fourth-order valence-corrected chi connectivity index (χ4v) is 0.785. The van der Waals surface area contributed by atoms with Crippen molar-refractivity contribution in [1.82, 2.24) is 0 Å². The predicted octanol–water partition coefficient (Wildman–Crippen LogP) is 4.74. The molecule has 0 aromatic rings. The van der Waals surface area contributed by atoms with E-state index in [2.05, 4.69) is 0 Å². The van der Waals surface area contributed by atoms with Crippen molar-refractivity contribution in [3.8, 4) is 0 Å². The molecule has 0 aliphatic rings. The quantitative estimate of drug-likeness (QED) is 0.221. The first kappa shape index (κ1) is 31.9. The molecular weight excluding hydrogens is 484 g/mol. The van der Waals surface area contributed by atoms with Crippen LogP contribution in [0.3, 0.4) is 0 Å². The molecule has 0 fully saturated rings. The predicted molar refractivity (Wildman–Crippen MR) is 101 cm³/mol. The van der Waals surface area contributed by atoms with Crippen LogP contribution in [0, 0.1) is 0 Å². The number of carbonyl (C=O) groups excluding carboxylic acids is 3. The molecule has 0 unspecified atom stereocenters. The third-order valence-corrected chi connectivity index (χ3v) is 3.55. The van der Waals surface area contributed by atoms with Crippen LogP contribution in [0.4, 0.5) is 0 Å². The molecule has 0 heterocycles. The summed E-state index contributed by atoms with van der Waals surface area (Å²) in [7, 11) is 0. The summed E-state index contributed by atoms with van der Waals surface area (Å²) >= 11 is 15.9. The Morgan fingerprint density at radius 3 is 0.640 bits per heavy atom. The molecule has 143 valence electrons. The van der Waals surface area contributed by atoms with Crippen molar-refractivity contribution >= 4 is 52.2 Å². The summed E-state index contributed by atoms with van der Waals surface area (Å²) in [5, 5.41) is 25.7. The third-order valence-electron chi connectivity index (χ3n) is 1.91. The summed E-state index contributed by atoms with van der Waals surface area (Å²) in [6, 6.07) is 0. The second-order valence-corrected chi connectivity index (χ2v) is 5.59. The number of aliphatic hydroxyl groups excluding tert-OH is 3. The molecule has 0 aromatic heterocycles. The van der Waals surface area contributed by atoms with Crippen molar-refractivity contribution in [1.29, 1.82) is 0 Å². The van der Waals surface area contributed by atoms with Gasteiger partial charge in [0, 0.05) is 0 Å². The Kier molecular flexibility index (Phi) is 21.1. The molecule has 6 N–H and O–H groups in total. The third kappa shape index (κ3) is 19.3. The number of aliphatic hydroxyl groups is 3. The Bertz CT molecular complexity index is 487. The zero-order valence-electron chi connectivity index (χ0n) is 14.7. The smallest absolute Gasteiger partial charge is 0.511 e. The van der Waals surface area contributed by atoms with Crippen LogP contribution >= 0.6 is 34.8 Å². The Morgan fingerprint density at radius 1 is 0.520 bits per heavy atom. The molecule has 0 spiro atoms. The minimum Gasteiger partial charge on any atom is -0.511 e. The van der Waals surface area contributed by atoms with Gasteiger partial charge in [-0.05, 0) is 20.8 Å². The molecule has 0 aliphatic carbocycles. The number of halogens is 3. The average molecular weight is 508 g/mol. The molecule has 10 heteroatoms. The van der Waals surface area contributed by atoms with Gasteiger partial charge in [0.15, 0.2) is 15.1 Å². The van der Waals surface area contributed by atoms with Gasteiger partial charge in [0.1, 0.15) is 17.3 Å². The number of rotatable bonds is 3. The molecular formula is C15H24Cl3O6Ru+6.